The third-order valence-electron chi connectivity index (χ3n) is 1.04. The molecule has 0 bridgehead atoms. The fourth-order valence-corrected chi connectivity index (χ4v) is 0.266. The van der Waals surface area contributed by atoms with Crippen LogP contribution in [0.25, 0.3) is 0 Å². The van der Waals surface area contributed by atoms with E-state index in [1.807, 2.05) is 13.8 Å². The molecular formula is C6H12N2O2. The average Bonchev–Trinajstić information content (AvgIpc) is 1.99. The predicted octanol–water partition coefficient (Wildman–Crippen LogP) is 1.13. The molecular weight excluding hydrogens is 132 g/mol. The highest BCUT2D eigenvalue weighted by Gasteiger charge is 1.93. The Morgan fingerprint density at radius 3 is 2.70 bits per heavy atom. The lowest BCUT2D eigenvalue weighted by molar-refractivity contribution is 0.171. The summed E-state index contributed by atoms with van der Waals surface area (Å²) in [4.78, 5) is 10.4. The van der Waals surface area contributed by atoms with Crippen LogP contribution in [0.1, 0.15) is 20.3 Å². The highest BCUT2D eigenvalue weighted by molar-refractivity contribution is 5.82. The molecule has 0 aromatic carbocycles. The Hall–Kier alpha value is -1.06. The van der Waals surface area contributed by atoms with Crippen molar-refractivity contribution in [3.8, 4) is 0 Å². The second-order valence-electron chi connectivity index (χ2n) is 1.80. The molecule has 0 atom stereocenters. The van der Waals surface area contributed by atoms with Crippen LogP contribution in [0.3, 0.4) is 0 Å². The number of amides is 1. The van der Waals surface area contributed by atoms with Crippen LogP contribution < -0.4 is 5.43 Å². The number of carbonyl (C=O) groups is 1. The third-order valence-corrected chi connectivity index (χ3v) is 1.04. The molecule has 0 heterocycles. The van der Waals surface area contributed by atoms with E-state index in [1.54, 1.807) is 0 Å². The maximum atomic E-state index is 10.4. The molecule has 0 radical (unpaired) electrons. The number of hydrogen-bond donors (Lipinski definition) is 1. The zero-order chi connectivity index (χ0) is 7.98. The molecule has 1 N–H and O–H groups in total. The Morgan fingerprint density at radius 2 is 2.30 bits per heavy atom. The van der Waals surface area contributed by atoms with Crippen molar-refractivity contribution in [2.24, 2.45) is 5.10 Å². The van der Waals surface area contributed by atoms with Gasteiger partial charge >= 0.3 is 6.09 Å². The van der Waals surface area contributed by atoms with Gasteiger partial charge in [0.15, 0.2) is 0 Å². The van der Waals surface area contributed by atoms with E-state index in [0.717, 1.165) is 12.1 Å². The van der Waals surface area contributed by atoms with Crippen LogP contribution in [0.5, 0.6) is 0 Å². The van der Waals surface area contributed by atoms with E-state index in [4.69, 9.17) is 0 Å². The van der Waals surface area contributed by atoms with Gasteiger partial charge in [0.05, 0.1) is 7.11 Å². The molecule has 0 aliphatic carbocycles. The summed E-state index contributed by atoms with van der Waals surface area (Å²) in [5.41, 5.74) is 3.08. The molecule has 58 valence electrons. The molecule has 0 rings (SSSR count). The number of ether oxygens (including phenoxy) is 1. The molecule has 0 aromatic rings. The number of nitrogens with one attached hydrogen (secondary N) is 1. The second kappa shape index (κ2) is 4.78. The van der Waals surface area contributed by atoms with Gasteiger partial charge in [0.1, 0.15) is 0 Å². The summed E-state index contributed by atoms with van der Waals surface area (Å²) < 4.78 is 4.29. The highest BCUT2D eigenvalue weighted by atomic mass is 16.5. The van der Waals surface area contributed by atoms with Crippen LogP contribution in [0.2, 0.25) is 0 Å². The fraction of sp³-hybridized carbons (Fsp3) is 0.667. The fourth-order valence-electron chi connectivity index (χ4n) is 0.266. The van der Waals surface area contributed by atoms with Gasteiger partial charge in [-0.2, -0.15) is 5.10 Å². The molecule has 0 unspecified atom stereocenters. The van der Waals surface area contributed by atoms with Gasteiger partial charge in [-0.15, -0.1) is 0 Å². The van der Waals surface area contributed by atoms with E-state index in [9.17, 15) is 4.79 Å². The van der Waals surface area contributed by atoms with Crippen LogP contribution in [-0.4, -0.2) is 18.9 Å². The number of hydrazone groups is 1. The Bertz CT molecular complexity index is 143. The maximum Gasteiger partial charge on any atom is 0.427 e. The minimum absolute atomic E-state index is 0.534. The van der Waals surface area contributed by atoms with Crippen LogP contribution in [-0.2, 0) is 4.74 Å². The normalized spacial score (nSPS) is 10.9. The summed E-state index contributed by atoms with van der Waals surface area (Å²) in [6, 6.07) is 0. The van der Waals surface area contributed by atoms with E-state index in [1.165, 1.54) is 7.11 Å². The number of hydrogen-bond acceptors (Lipinski definition) is 3. The zero-order valence-electron chi connectivity index (χ0n) is 6.47. The lowest BCUT2D eigenvalue weighted by atomic mass is 10.3. The van der Waals surface area contributed by atoms with Crippen LogP contribution in [0.15, 0.2) is 5.10 Å². The average molecular weight is 144 g/mol. The van der Waals surface area contributed by atoms with E-state index in [2.05, 4.69) is 15.3 Å². The van der Waals surface area contributed by atoms with Gasteiger partial charge < -0.3 is 4.74 Å². The van der Waals surface area contributed by atoms with Crippen molar-refractivity contribution in [2.45, 2.75) is 20.3 Å². The van der Waals surface area contributed by atoms with Gasteiger partial charge in [-0.3, -0.25) is 0 Å². The van der Waals surface area contributed by atoms with E-state index in [0.29, 0.717) is 0 Å². The monoisotopic (exact) mass is 144 g/mol. The van der Waals surface area contributed by atoms with Gasteiger partial charge in [-0.25, -0.2) is 10.2 Å². The first-order valence-electron chi connectivity index (χ1n) is 3.07. The van der Waals surface area contributed by atoms with Gasteiger partial charge in [0, 0.05) is 5.71 Å². The minimum atomic E-state index is -0.534. The third kappa shape index (κ3) is 3.88. The Kier molecular flexibility index (Phi) is 4.28. The Morgan fingerprint density at radius 1 is 1.70 bits per heavy atom. The van der Waals surface area contributed by atoms with Gasteiger partial charge in [-0.05, 0) is 13.3 Å². The molecule has 1 amide bonds. The summed E-state index contributed by atoms with van der Waals surface area (Å²) in [6.45, 7) is 3.79. The lowest BCUT2D eigenvalue weighted by Gasteiger charge is -1.96. The van der Waals surface area contributed by atoms with Crippen LogP contribution in [0, 0.1) is 0 Å². The molecule has 0 fully saturated rings. The Balaban J connectivity index is 3.61. The summed E-state index contributed by atoms with van der Waals surface area (Å²) in [7, 11) is 1.30. The summed E-state index contributed by atoms with van der Waals surface area (Å²) in [5, 5.41) is 3.71. The van der Waals surface area contributed by atoms with Crippen molar-refractivity contribution >= 4 is 11.8 Å². The maximum absolute atomic E-state index is 10.4. The predicted molar refractivity (Wildman–Crippen MR) is 38.9 cm³/mol. The first-order chi connectivity index (χ1) is 4.70. The van der Waals surface area contributed by atoms with E-state index < -0.39 is 6.09 Å². The summed E-state index contributed by atoms with van der Waals surface area (Å²) in [5.74, 6) is 0. The number of rotatable bonds is 2. The first-order valence-corrected chi connectivity index (χ1v) is 3.07. The quantitative estimate of drug-likeness (QED) is 0.466. The molecule has 0 saturated heterocycles. The summed E-state index contributed by atoms with van der Waals surface area (Å²) >= 11 is 0. The topological polar surface area (TPSA) is 50.7 Å². The largest absolute Gasteiger partial charge is 0.452 e. The molecule has 0 spiro atoms. The smallest absolute Gasteiger partial charge is 0.427 e. The van der Waals surface area contributed by atoms with Crippen molar-refractivity contribution in [3.05, 3.63) is 0 Å². The molecule has 4 nitrogen and oxygen atoms in total. The number of nitrogens with zero attached hydrogens (tertiary/aromatic N) is 1. The van der Waals surface area contributed by atoms with Crippen molar-refractivity contribution in [3.63, 3.8) is 0 Å². The minimum Gasteiger partial charge on any atom is -0.452 e. The SMILES string of the molecule is CCC(C)=NNC(=O)OC. The Labute approximate surface area is 60.3 Å². The van der Waals surface area contributed by atoms with E-state index >= 15 is 0 Å². The lowest BCUT2D eigenvalue weighted by Crippen LogP contribution is -2.18. The molecule has 0 aliphatic rings. The van der Waals surface area contributed by atoms with Crippen molar-refractivity contribution in [1.29, 1.82) is 0 Å². The van der Waals surface area contributed by atoms with Crippen LogP contribution >= 0.6 is 0 Å². The van der Waals surface area contributed by atoms with Gasteiger partial charge in [-0.1, -0.05) is 6.92 Å². The standard InChI is InChI=1S/C6H12N2O2/c1-4-5(2)7-8-6(9)10-3/h4H2,1-3H3,(H,8,9). The van der Waals surface area contributed by atoms with Gasteiger partial charge in [0.2, 0.25) is 0 Å². The number of methoxy groups -OCH3 is 1. The molecule has 0 aromatic heterocycles. The number of carbonyl (C=O) groups excluding carboxylic acids is 1. The molecule has 4 heteroatoms. The second-order valence-corrected chi connectivity index (χ2v) is 1.80. The van der Waals surface area contributed by atoms with Crippen LogP contribution in [0.4, 0.5) is 4.79 Å². The highest BCUT2D eigenvalue weighted by Crippen LogP contribution is 1.81. The summed E-state index contributed by atoms with van der Waals surface area (Å²) in [6.07, 6.45) is 0.289. The molecule has 0 aliphatic heterocycles. The van der Waals surface area contributed by atoms with E-state index in [-0.39, 0.29) is 0 Å². The first kappa shape index (κ1) is 8.94. The molecule has 10 heavy (non-hydrogen) atoms. The van der Waals surface area contributed by atoms with Crippen molar-refractivity contribution < 1.29 is 9.53 Å². The van der Waals surface area contributed by atoms with Crippen molar-refractivity contribution in [2.75, 3.05) is 7.11 Å². The zero-order valence-corrected chi connectivity index (χ0v) is 6.47. The van der Waals surface area contributed by atoms with Crippen molar-refractivity contribution in [1.82, 2.24) is 5.43 Å². The molecule has 0 saturated carbocycles. The van der Waals surface area contributed by atoms with Gasteiger partial charge in [0.25, 0.3) is 0 Å².